The van der Waals surface area contributed by atoms with Crippen LogP contribution in [-0.2, 0) is 4.79 Å². The van der Waals surface area contributed by atoms with Gasteiger partial charge in [-0.3, -0.25) is 14.2 Å². The molecule has 0 fully saturated rings. The van der Waals surface area contributed by atoms with Crippen LogP contribution in [0.5, 0.6) is 5.75 Å². The lowest BCUT2D eigenvalue weighted by molar-refractivity contribution is -0.116. The number of pyridine rings is 1. The average molecular weight is 399 g/mol. The second-order valence-electron chi connectivity index (χ2n) is 7.44. The Balaban J connectivity index is 1.77. The van der Waals surface area contributed by atoms with Gasteiger partial charge >= 0.3 is 0 Å². The first kappa shape index (κ1) is 18.3. The summed E-state index contributed by atoms with van der Waals surface area (Å²) in [5, 5.41) is 0. The molecule has 1 aromatic carbocycles. The van der Waals surface area contributed by atoms with E-state index in [-0.39, 0.29) is 5.91 Å². The third-order valence-electron chi connectivity index (χ3n) is 5.23. The molecule has 0 atom stereocenters. The minimum atomic E-state index is -0.00267. The van der Waals surface area contributed by atoms with Crippen molar-refractivity contribution in [2.45, 2.75) is 20.8 Å². The summed E-state index contributed by atoms with van der Waals surface area (Å²) in [6.45, 7) is 6.56. The molecular formula is C23H21N5O2. The number of amides is 1. The zero-order valence-electron chi connectivity index (χ0n) is 17.1. The van der Waals surface area contributed by atoms with Crippen molar-refractivity contribution in [3.05, 3.63) is 60.2 Å². The largest absolute Gasteiger partial charge is 0.490 e. The van der Waals surface area contributed by atoms with Crippen molar-refractivity contribution in [1.29, 1.82) is 0 Å². The second-order valence-corrected chi connectivity index (χ2v) is 7.44. The molecule has 0 radical (unpaired) electrons. The van der Waals surface area contributed by atoms with Gasteiger partial charge in [-0.05, 0) is 50.2 Å². The van der Waals surface area contributed by atoms with Crippen molar-refractivity contribution >= 4 is 17.4 Å². The fourth-order valence-electron chi connectivity index (χ4n) is 4.03. The predicted molar refractivity (Wildman–Crippen MR) is 115 cm³/mol. The molecule has 4 heterocycles. The summed E-state index contributed by atoms with van der Waals surface area (Å²) in [5.41, 5.74) is 6.31. The summed E-state index contributed by atoms with van der Waals surface area (Å²) in [5.74, 6) is 1.33. The van der Waals surface area contributed by atoms with E-state index in [4.69, 9.17) is 9.72 Å². The summed E-state index contributed by atoms with van der Waals surface area (Å²) in [6, 6.07) is 11.9. The summed E-state index contributed by atoms with van der Waals surface area (Å²) in [7, 11) is 0. The van der Waals surface area contributed by atoms with Gasteiger partial charge in [-0.1, -0.05) is 0 Å². The van der Waals surface area contributed by atoms with Crippen LogP contribution < -0.4 is 9.64 Å². The average Bonchev–Trinajstić information content (AvgIpc) is 3.12. The van der Waals surface area contributed by atoms with E-state index in [1.54, 1.807) is 18.0 Å². The fraction of sp³-hybridized carbons (Fsp3) is 0.217. The molecule has 7 nitrogen and oxygen atoms in total. The van der Waals surface area contributed by atoms with Crippen LogP contribution in [0.3, 0.4) is 0 Å². The maximum atomic E-state index is 12.2. The molecule has 0 saturated carbocycles. The van der Waals surface area contributed by atoms with Crippen molar-refractivity contribution in [3.8, 4) is 28.3 Å². The van der Waals surface area contributed by atoms with Crippen molar-refractivity contribution in [2.24, 2.45) is 0 Å². The third kappa shape index (κ3) is 2.99. The number of imidazole rings is 1. The molecule has 30 heavy (non-hydrogen) atoms. The first-order valence-electron chi connectivity index (χ1n) is 9.85. The summed E-state index contributed by atoms with van der Waals surface area (Å²) >= 11 is 0. The number of aromatic nitrogens is 4. The number of carbonyl (C=O) groups excluding carboxylic acids is 1. The molecule has 3 aromatic heterocycles. The van der Waals surface area contributed by atoms with Gasteiger partial charge in [-0.25, -0.2) is 9.97 Å². The van der Waals surface area contributed by atoms with Crippen LogP contribution in [0.2, 0.25) is 0 Å². The number of hydrogen-bond acceptors (Lipinski definition) is 5. The first-order chi connectivity index (χ1) is 14.5. The van der Waals surface area contributed by atoms with Gasteiger partial charge in [-0.15, -0.1) is 0 Å². The van der Waals surface area contributed by atoms with E-state index < -0.39 is 0 Å². The molecule has 0 aliphatic carbocycles. The zero-order valence-corrected chi connectivity index (χ0v) is 17.1. The van der Waals surface area contributed by atoms with Crippen LogP contribution in [-0.4, -0.2) is 38.4 Å². The highest BCUT2D eigenvalue weighted by Gasteiger charge is 2.24. The van der Waals surface area contributed by atoms with Crippen LogP contribution >= 0.6 is 0 Å². The lowest BCUT2D eigenvalue weighted by Gasteiger charge is -2.29. The number of ether oxygens (including phenoxy) is 1. The van der Waals surface area contributed by atoms with Crippen LogP contribution in [0, 0.1) is 13.8 Å². The lowest BCUT2D eigenvalue weighted by atomic mass is 10.0. The second kappa shape index (κ2) is 6.95. The van der Waals surface area contributed by atoms with Gasteiger partial charge in [0, 0.05) is 41.8 Å². The molecule has 1 aliphatic rings. The van der Waals surface area contributed by atoms with Crippen molar-refractivity contribution in [1.82, 2.24) is 19.4 Å². The standard InChI is InChI=1S/C23H21N5O2/c1-14-11-18(12-15(2)25-14)21-22(28-8-4-7-24-23(28)26-21)17-5-6-20-19(13-17)27(16(3)29)9-10-30-20/h4-8,11-13H,9-10H2,1-3H3. The summed E-state index contributed by atoms with van der Waals surface area (Å²) < 4.78 is 7.75. The topological polar surface area (TPSA) is 72.6 Å². The quantitative estimate of drug-likeness (QED) is 0.512. The monoisotopic (exact) mass is 399 g/mol. The molecule has 0 spiro atoms. The number of carbonyl (C=O) groups is 1. The highest BCUT2D eigenvalue weighted by Crippen LogP contribution is 2.39. The van der Waals surface area contributed by atoms with Gasteiger partial charge < -0.3 is 9.64 Å². The lowest BCUT2D eigenvalue weighted by Crippen LogP contribution is -2.36. The molecule has 0 N–H and O–H groups in total. The molecule has 4 aromatic rings. The Morgan fingerprint density at radius 2 is 1.87 bits per heavy atom. The fourth-order valence-corrected chi connectivity index (χ4v) is 4.03. The van der Waals surface area contributed by atoms with Gasteiger partial charge in [0.15, 0.2) is 0 Å². The first-order valence-corrected chi connectivity index (χ1v) is 9.85. The van der Waals surface area contributed by atoms with Gasteiger partial charge in [0.1, 0.15) is 12.4 Å². The van der Waals surface area contributed by atoms with E-state index in [2.05, 4.69) is 9.97 Å². The van der Waals surface area contributed by atoms with E-state index >= 15 is 0 Å². The Bertz CT molecular complexity index is 1270. The van der Waals surface area contributed by atoms with Gasteiger partial charge in [0.2, 0.25) is 11.7 Å². The van der Waals surface area contributed by atoms with Gasteiger partial charge in [-0.2, -0.15) is 0 Å². The van der Waals surface area contributed by atoms with Crippen molar-refractivity contribution in [2.75, 3.05) is 18.1 Å². The number of benzene rings is 1. The minimum Gasteiger partial charge on any atom is -0.490 e. The molecule has 0 unspecified atom stereocenters. The highest BCUT2D eigenvalue weighted by molar-refractivity contribution is 5.95. The SMILES string of the molecule is CC(=O)N1CCOc2ccc(-c3c(-c4cc(C)nc(C)c4)nc4ncccn34)cc21. The minimum absolute atomic E-state index is 0.00267. The number of fused-ring (bicyclic) bond motifs is 2. The Morgan fingerprint density at radius 3 is 2.63 bits per heavy atom. The van der Waals surface area contributed by atoms with E-state index in [0.717, 1.165) is 39.6 Å². The maximum absolute atomic E-state index is 12.2. The number of nitrogens with zero attached hydrogens (tertiary/aromatic N) is 5. The van der Waals surface area contributed by atoms with E-state index in [1.807, 2.05) is 60.8 Å². The normalized spacial score (nSPS) is 13.2. The molecule has 0 saturated heterocycles. The number of anilines is 1. The van der Waals surface area contributed by atoms with E-state index in [9.17, 15) is 4.79 Å². The summed E-state index contributed by atoms with van der Waals surface area (Å²) in [6.07, 6.45) is 3.69. The third-order valence-corrected chi connectivity index (χ3v) is 5.23. The van der Waals surface area contributed by atoms with E-state index in [1.165, 1.54) is 0 Å². The molecule has 7 heteroatoms. The Hall–Kier alpha value is -3.74. The maximum Gasteiger partial charge on any atom is 0.234 e. The summed E-state index contributed by atoms with van der Waals surface area (Å²) in [4.78, 5) is 27.7. The van der Waals surface area contributed by atoms with Crippen LogP contribution in [0.15, 0.2) is 48.8 Å². The number of rotatable bonds is 2. The van der Waals surface area contributed by atoms with Crippen molar-refractivity contribution < 1.29 is 9.53 Å². The van der Waals surface area contributed by atoms with Crippen molar-refractivity contribution in [3.63, 3.8) is 0 Å². The molecule has 1 aliphatic heterocycles. The Morgan fingerprint density at radius 1 is 1.07 bits per heavy atom. The number of aryl methyl sites for hydroxylation is 2. The highest BCUT2D eigenvalue weighted by atomic mass is 16.5. The molecule has 150 valence electrons. The van der Waals surface area contributed by atoms with Gasteiger partial charge in [0.25, 0.3) is 0 Å². The predicted octanol–water partition coefficient (Wildman–Crippen LogP) is 3.82. The van der Waals surface area contributed by atoms with Crippen LogP contribution in [0.4, 0.5) is 5.69 Å². The van der Waals surface area contributed by atoms with Crippen LogP contribution in [0.25, 0.3) is 28.3 Å². The van der Waals surface area contributed by atoms with Gasteiger partial charge in [0.05, 0.1) is 23.6 Å². The Labute approximate surface area is 174 Å². The zero-order chi connectivity index (χ0) is 20.8. The van der Waals surface area contributed by atoms with E-state index in [0.29, 0.717) is 24.7 Å². The van der Waals surface area contributed by atoms with Crippen LogP contribution in [0.1, 0.15) is 18.3 Å². The smallest absolute Gasteiger partial charge is 0.234 e. The molecule has 0 bridgehead atoms. The molecule has 5 rings (SSSR count). The molecular weight excluding hydrogens is 378 g/mol. The Kier molecular flexibility index (Phi) is 4.24. The number of hydrogen-bond donors (Lipinski definition) is 0. The molecule has 1 amide bonds.